The highest BCUT2D eigenvalue weighted by Crippen LogP contribution is 2.30. The van der Waals surface area contributed by atoms with Gasteiger partial charge >= 0.3 is 0 Å². The highest BCUT2D eigenvalue weighted by molar-refractivity contribution is 6.48. The maximum absolute atomic E-state index is 11.9. The van der Waals surface area contributed by atoms with Gasteiger partial charge in [0, 0.05) is 37.6 Å². The summed E-state index contributed by atoms with van der Waals surface area (Å²) in [5, 5.41) is 6.30. The first-order valence-corrected chi connectivity index (χ1v) is 9.67. The second-order valence-electron chi connectivity index (χ2n) is 6.88. The molecule has 1 amide bonds. The Bertz CT molecular complexity index is 957. The molecular formula is C22H27ClN6O. The summed E-state index contributed by atoms with van der Waals surface area (Å²) in [6.45, 7) is 12.7. The molecule has 0 bridgehead atoms. The summed E-state index contributed by atoms with van der Waals surface area (Å²) in [5.74, 6) is 0.0637. The molecule has 2 N–H and O–H groups in total. The van der Waals surface area contributed by atoms with Crippen molar-refractivity contribution in [2.24, 2.45) is 0 Å². The van der Waals surface area contributed by atoms with E-state index in [0.29, 0.717) is 33.6 Å². The second-order valence-corrected chi connectivity index (χ2v) is 7.34. The predicted molar refractivity (Wildman–Crippen MR) is 127 cm³/mol. The topological polar surface area (TPSA) is 73.4 Å². The Labute approximate surface area is 182 Å². The minimum atomic E-state index is -0.290. The van der Waals surface area contributed by atoms with Crippen LogP contribution in [-0.2, 0) is 4.79 Å². The number of amides is 1. The Hall–Kier alpha value is -3.16. The fourth-order valence-electron chi connectivity index (χ4n) is 2.65. The highest BCUT2D eigenvalue weighted by Gasteiger charge is 2.12. The molecule has 0 fully saturated rings. The summed E-state index contributed by atoms with van der Waals surface area (Å²) < 4.78 is 0. The lowest BCUT2D eigenvalue weighted by molar-refractivity contribution is -0.111. The number of likely N-dealkylation sites (N-methyl/N-ethyl adjacent to an activating group) is 2. The number of benzene rings is 1. The van der Waals surface area contributed by atoms with Crippen molar-refractivity contribution in [2.45, 2.75) is 0 Å². The predicted octanol–water partition coefficient (Wildman–Crippen LogP) is 4.20. The molecule has 158 valence electrons. The van der Waals surface area contributed by atoms with Gasteiger partial charge in [0.05, 0.1) is 22.1 Å². The number of halogens is 1. The Morgan fingerprint density at radius 2 is 1.97 bits per heavy atom. The Balaban J connectivity index is 2.35. The van der Waals surface area contributed by atoms with Gasteiger partial charge in [0.25, 0.3) is 0 Å². The van der Waals surface area contributed by atoms with Crippen molar-refractivity contribution in [2.75, 3.05) is 49.8 Å². The van der Waals surface area contributed by atoms with Gasteiger partial charge in [0.2, 0.25) is 11.9 Å². The molecule has 0 spiro atoms. The van der Waals surface area contributed by atoms with Crippen molar-refractivity contribution in [1.82, 2.24) is 14.9 Å². The van der Waals surface area contributed by atoms with Crippen LogP contribution in [0.2, 0.25) is 0 Å². The molecule has 0 saturated heterocycles. The second kappa shape index (κ2) is 10.6. The van der Waals surface area contributed by atoms with Gasteiger partial charge in [-0.3, -0.25) is 4.79 Å². The van der Waals surface area contributed by atoms with Crippen LogP contribution in [0.3, 0.4) is 0 Å². The first-order valence-electron chi connectivity index (χ1n) is 9.29. The summed E-state index contributed by atoms with van der Waals surface area (Å²) in [6.07, 6.45) is 4.47. The van der Waals surface area contributed by atoms with Crippen molar-refractivity contribution in [3.05, 3.63) is 61.5 Å². The smallest absolute Gasteiger partial charge is 0.247 e. The first kappa shape index (κ1) is 23.1. The number of rotatable bonds is 10. The Morgan fingerprint density at radius 1 is 1.23 bits per heavy atom. The van der Waals surface area contributed by atoms with Gasteiger partial charge in [-0.05, 0) is 38.4 Å². The standard InChI is InChI=1S/C22H27ClN6O/c1-7-16-14-24-22(27-21(16)15(3)23)25-17-9-10-19(29(6)12-11-28(4)5)18(13-17)26-20(30)8-2/h7-10,13-14H,1-3,11-12H2,4-6H3,(H,26,30)(H,24,25,27). The van der Waals surface area contributed by atoms with Crippen LogP contribution in [0.1, 0.15) is 11.3 Å². The number of hydrogen-bond acceptors (Lipinski definition) is 6. The van der Waals surface area contributed by atoms with Crippen molar-refractivity contribution in [3.8, 4) is 0 Å². The van der Waals surface area contributed by atoms with Crippen LogP contribution >= 0.6 is 11.6 Å². The van der Waals surface area contributed by atoms with E-state index in [2.05, 4.69) is 50.1 Å². The molecule has 1 heterocycles. The van der Waals surface area contributed by atoms with E-state index < -0.39 is 0 Å². The van der Waals surface area contributed by atoms with Crippen molar-refractivity contribution in [3.63, 3.8) is 0 Å². The fourth-order valence-corrected chi connectivity index (χ4v) is 2.80. The van der Waals surface area contributed by atoms with E-state index in [4.69, 9.17) is 11.6 Å². The van der Waals surface area contributed by atoms with Crippen LogP contribution in [0.4, 0.5) is 23.0 Å². The minimum absolute atomic E-state index is 0.290. The van der Waals surface area contributed by atoms with E-state index >= 15 is 0 Å². The highest BCUT2D eigenvalue weighted by atomic mass is 35.5. The summed E-state index contributed by atoms with van der Waals surface area (Å²) in [7, 11) is 6.01. The van der Waals surface area contributed by atoms with Gasteiger partial charge in [-0.15, -0.1) is 0 Å². The third-order valence-corrected chi connectivity index (χ3v) is 4.46. The van der Waals surface area contributed by atoms with Crippen LogP contribution in [0.5, 0.6) is 0 Å². The van der Waals surface area contributed by atoms with Gasteiger partial charge in [0.1, 0.15) is 0 Å². The molecule has 0 radical (unpaired) electrons. The van der Waals surface area contributed by atoms with E-state index in [0.717, 1.165) is 18.8 Å². The molecule has 0 aliphatic rings. The number of carbonyl (C=O) groups is 1. The van der Waals surface area contributed by atoms with Crippen molar-refractivity contribution < 1.29 is 4.79 Å². The average Bonchev–Trinajstić information content (AvgIpc) is 2.72. The molecule has 0 aliphatic carbocycles. The van der Waals surface area contributed by atoms with E-state index in [-0.39, 0.29) is 5.91 Å². The van der Waals surface area contributed by atoms with E-state index in [1.165, 1.54) is 6.08 Å². The van der Waals surface area contributed by atoms with Crippen molar-refractivity contribution >= 4 is 51.6 Å². The van der Waals surface area contributed by atoms with Gasteiger partial charge < -0.3 is 20.4 Å². The summed E-state index contributed by atoms with van der Waals surface area (Å²) >= 11 is 6.04. The average molecular weight is 427 g/mol. The molecule has 0 aliphatic heterocycles. The molecule has 1 aromatic carbocycles. The molecule has 2 rings (SSSR count). The largest absolute Gasteiger partial charge is 0.372 e. The van der Waals surface area contributed by atoms with Crippen LogP contribution in [0.15, 0.2) is 50.2 Å². The molecule has 0 atom stereocenters. The van der Waals surface area contributed by atoms with E-state index in [1.54, 1.807) is 12.3 Å². The first-order chi connectivity index (χ1) is 14.2. The molecule has 30 heavy (non-hydrogen) atoms. The van der Waals surface area contributed by atoms with Gasteiger partial charge in [0.15, 0.2) is 0 Å². The van der Waals surface area contributed by atoms with Gasteiger partial charge in [-0.25, -0.2) is 9.97 Å². The third-order valence-electron chi connectivity index (χ3n) is 4.28. The lowest BCUT2D eigenvalue weighted by Crippen LogP contribution is -2.29. The number of aromatic nitrogens is 2. The lowest BCUT2D eigenvalue weighted by Gasteiger charge is -2.24. The number of carbonyl (C=O) groups excluding carboxylic acids is 1. The number of nitrogens with one attached hydrogen (secondary N) is 2. The molecule has 7 nitrogen and oxygen atoms in total. The molecule has 2 aromatic rings. The zero-order valence-corrected chi connectivity index (χ0v) is 18.3. The van der Waals surface area contributed by atoms with Crippen LogP contribution in [-0.4, -0.2) is 55.0 Å². The minimum Gasteiger partial charge on any atom is -0.372 e. The van der Waals surface area contributed by atoms with Crippen LogP contribution < -0.4 is 15.5 Å². The maximum atomic E-state index is 11.9. The number of anilines is 4. The van der Waals surface area contributed by atoms with E-state index in [9.17, 15) is 4.79 Å². The summed E-state index contributed by atoms with van der Waals surface area (Å²) in [6, 6.07) is 5.64. The Morgan fingerprint density at radius 3 is 2.57 bits per heavy atom. The maximum Gasteiger partial charge on any atom is 0.247 e. The SMILES string of the molecule is C=CC(=O)Nc1cc(Nc2ncc(C=C)c(C(=C)Cl)n2)ccc1N(C)CCN(C)C. The molecule has 0 saturated carbocycles. The summed E-state index contributed by atoms with van der Waals surface area (Å²) in [4.78, 5) is 24.8. The number of nitrogens with zero attached hydrogens (tertiary/aromatic N) is 4. The normalized spacial score (nSPS) is 10.4. The Kier molecular flexibility index (Phi) is 8.15. The number of hydrogen-bond donors (Lipinski definition) is 2. The monoisotopic (exact) mass is 426 g/mol. The van der Waals surface area contributed by atoms with Crippen LogP contribution in [0, 0.1) is 0 Å². The van der Waals surface area contributed by atoms with Gasteiger partial charge in [-0.2, -0.15) is 0 Å². The molecular weight excluding hydrogens is 400 g/mol. The lowest BCUT2D eigenvalue weighted by atomic mass is 10.2. The van der Waals surface area contributed by atoms with Gasteiger partial charge in [-0.1, -0.05) is 37.4 Å². The summed E-state index contributed by atoms with van der Waals surface area (Å²) in [5.41, 5.74) is 3.43. The third kappa shape index (κ3) is 6.17. The molecule has 1 aromatic heterocycles. The van der Waals surface area contributed by atoms with Crippen LogP contribution in [0.25, 0.3) is 11.1 Å². The zero-order chi connectivity index (χ0) is 22.3. The van der Waals surface area contributed by atoms with E-state index in [1.807, 2.05) is 39.3 Å². The quantitative estimate of drug-likeness (QED) is 0.555. The zero-order valence-electron chi connectivity index (χ0n) is 17.6. The molecule has 0 unspecified atom stereocenters. The molecule has 8 heteroatoms. The fraction of sp³-hybridized carbons (Fsp3) is 0.227. The van der Waals surface area contributed by atoms with Crippen molar-refractivity contribution in [1.29, 1.82) is 0 Å².